The Morgan fingerprint density at radius 3 is 1.32 bits per heavy atom. The molecule has 0 saturated heterocycles. The minimum absolute atomic E-state index is 0. The first kappa shape index (κ1) is 37.1. The number of rotatable bonds is 18. The van der Waals surface area contributed by atoms with Crippen LogP contribution < -0.4 is 59.1 Å². The summed E-state index contributed by atoms with van der Waals surface area (Å²) in [4.78, 5) is 0. The standard InChI is InChI=1S/C18H38O3.2Na.H2O4S/c1-2-3-4-5-6-7-8-9-10-11-12-13-15-20-17-18-21-16-14-19;;;1-5(2,3)4/h19H,2-18H2,1H3;;;(H2,1,2,3,4)/q;2*+1;/p-2. The van der Waals surface area contributed by atoms with Crippen LogP contribution in [0, 0.1) is 0 Å². The van der Waals surface area contributed by atoms with Gasteiger partial charge in [0, 0.05) is 17.0 Å². The summed E-state index contributed by atoms with van der Waals surface area (Å²) in [5.41, 5.74) is 0. The summed E-state index contributed by atoms with van der Waals surface area (Å²) in [7, 11) is -5.17. The molecule has 0 aromatic heterocycles. The van der Waals surface area contributed by atoms with Gasteiger partial charge >= 0.3 is 59.1 Å². The van der Waals surface area contributed by atoms with Crippen molar-refractivity contribution in [2.24, 2.45) is 0 Å². The van der Waals surface area contributed by atoms with Gasteiger partial charge in [0.15, 0.2) is 0 Å². The van der Waals surface area contributed by atoms with E-state index in [9.17, 15) is 0 Å². The first-order chi connectivity index (χ1) is 12.4. The first-order valence-electron chi connectivity index (χ1n) is 9.84. The van der Waals surface area contributed by atoms with Crippen molar-refractivity contribution in [3.05, 3.63) is 0 Å². The molecule has 0 unspecified atom stereocenters. The summed E-state index contributed by atoms with van der Waals surface area (Å²) >= 11 is 0. The molecular formula is C18H38Na2O7S. The van der Waals surface area contributed by atoms with Crippen molar-refractivity contribution >= 4 is 10.4 Å². The molecular weight excluding hydrogens is 406 g/mol. The fraction of sp³-hybridized carbons (Fsp3) is 1.00. The Morgan fingerprint density at radius 2 is 0.964 bits per heavy atom. The Hall–Kier alpha value is 1.75. The number of aliphatic hydroxyl groups excluding tert-OH is 1. The molecule has 160 valence electrons. The molecule has 0 aliphatic heterocycles. The normalized spacial score (nSPS) is 10.4. The van der Waals surface area contributed by atoms with Crippen LogP contribution in [0.1, 0.15) is 84.0 Å². The van der Waals surface area contributed by atoms with E-state index in [1.807, 2.05) is 0 Å². The van der Waals surface area contributed by atoms with E-state index < -0.39 is 10.4 Å². The quantitative estimate of drug-likeness (QED) is 0.106. The second kappa shape index (κ2) is 30.9. The van der Waals surface area contributed by atoms with E-state index in [-0.39, 0.29) is 65.7 Å². The van der Waals surface area contributed by atoms with E-state index in [0.29, 0.717) is 19.8 Å². The van der Waals surface area contributed by atoms with E-state index >= 15 is 0 Å². The average molecular weight is 445 g/mol. The van der Waals surface area contributed by atoms with Gasteiger partial charge in [0.25, 0.3) is 0 Å². The molecule has 28 heavy (non-hydrogen) atoms. The molecule has 0 aliphatic rings. The van der Waals surface area contributed by atoms with Crippen LogP contribution in [0.5, 0.6) is 0 Å². The maximum atomic E-state index is 8.53. The molecule has 7 nitrogen and oxygen atoms in total. The van der Waals surface area contributed by atoms with Crippen molar-refractivity contribution in [2.45, 2.75) is 84.0 Å². The molecule has 0 heterocycles. The van der Waals surface area contributed by atoms with Gasteiger partial charge in [0.05, 0.1) is 26.4 Å². The summed E-state index contributed by atoms with van der Waals surface area (Å²) in [6.45, 7) is 4.88. The third-order valence-electron chi connectivity index (χ3n) is 3.75. The fourth-order valence-electron chi connectivity index (χ4n) is 2.43. The van der Waals surface area contributed by atoms with Crippen molar-refractivity contribution < 1.29 is 91.2 Å². The largest absolute Gasteiger partial charge is 1.00 e. The van der Waals surface area contributed by atoms with Gasteiger partial charge in [-0.05, 0) is 6.42 Å². The van der Waals surface area contributed by atoms with Gasteiger partial charge in [-0.25, -0.2) is 0 Å². The molecule has 0 amide bonds. The van der Waals surface area contributed by atoms with Crippen LogP contribution in [-0.4, -0.2) is 55.7 Å². The van der Waals surface area contributed by atoms with Gasteiger partial charge in [-0.15, -0.1) is 0 Å². The molecule has 1 N–H and O–H groups in total. The van der Waals surface area contributed by atoms with Crippen LogP contribution >= 0.6 is 0 Å². The Labute approximate surface area is 216 Å². The molecule has 0 aromatic carbocycles. The molecule has 0 bridgehead atoms. The Kier molecular flexibility index (Phi) is 41.0. The summed E-state index contributed by atoms with van der Waals surface area (Å²) < 4.78 is 44.7. The van der Waals surface area contributed by atoms with Gasteiger partial charge in [0.2, 0.25) is 0 Å². The van der Waals surface area contributed by atoms with Gasteiger partial charge in [-0.2, -0.15) is 0 Å². The molecule has 0 spiro atoms. The molecule has 10 heteroatoms. The number of hydrogen-bond donors (Lipinski definition) is 1. The topological polar surface area (TPSA) is 119 Å². The summed E-state index contributed by atoms with van der Waals surface area (Å²) in [5.74, 6) is 0. The Bertz CT molecular complexity index is 332. The third-order valence-corrected chi connectivity index (χ3v) is 3.75. The number of ether oxygens (including phenoxy) is 2. The molecule has 0 aromatic rings. The van der Waals surface area contributed by atoms with E-state index in [0.717, 1.165) is 13.0 Å². The molecule has 0 saturated carbocycles. The summed E-state index contributed by atoms with van der Waals surface area (Å²) in [5, 5.41) is 8.53. The van der Waals surface area contributed by atoms with Crippen molar-refractivity contribution in [1.29, 1.82) is 0 Å². The fourth-order valence-corrected chi connectivity index (χ4v) is 2.43. The predicted octanol–water partition coefficient (Wildman–Crippen LogP) is -2.62. The average Bonchev–Trinajstić information content (AvgIpc) is 2.56. The maximum absolute atomic E-state index is 8.53. The van der Waals surface area contributed by atoms with Gasteiger partial charge in [-0.1, -0.05) is 77.6 Å². The minimum atomic E-state index is -5.17. The number of aliphatic hydroxyl groups is 1. The van der Waals surface area contributed by atoms with Crippen molar-refractivity contribution in [3.63, 3.8) is 0 Å². The summed E-state index contributed by atoms with van der Waals surface area (Å²) in [6.07, 6.45) is 16.5. The smallest absolute Gasteiger partial charge is 0.759 e. The maximum Gasteiger partial charge on any atom is 1.00 e. The molecule has 0 fully saturated rings. The molecule has 0 rings (SSSR count). The van der Waals surface area contributed by atoms with Crippen molar-refractivity contribution in [2.75, 3.05) is 33.0 Å². The predicted molar refractivity (Wildman–Crippen MR) is 100 cm³/mol. The van der Waals surface area contributed by atoms with Crippen molar-refractivity contribution in [3.8, 4) is 0 Å². The van der Waals surface area contributed by atoms with Gasteiger partial charge < -0.3 is 23.7 Å². The van der Waals surface area contributed by atoms with Gasteiger partial charge in [0.1, 0.15) is 0 Å². The number of hydrogen-bond acceptors (Lipinski definition) is 7. The monoisotopic (exact) mass is 444 g/mol. The summed E-state index contributed by atoms with van der Waals surface area (Å²) in [6, 6.07) is 0. The van der Waals surface area contributed by atoms with E-state index in [2.05, 4.69) is 6.92 Å². The molecule has 0 atom stereocenters. The minimum Gasteiger partial charge on any atom is -0.759 e. The second-order valence-electron chi connectivity index (χ2n) is 6.25. The van der Waals surface area contributed by atoms with E-state index in [1.54, 1.807) is 0 Å². The van der Waals surface area contributed by atoms with E-state index in [4.69, 9.17) is 32.1 Å². The number of unbranched alkanes of at least 4 members (excludes halogenated alkanes) is 11. The van der Waals surface area contributed by atoms with Crippen LogP contribution in [-0.2, 0) is 19.9 Å². The van der Waals surface area contributed by atoms with E-state index in [1.165, 1.54) is 70.6 Å². The van der Waals surface area contributed by atoms with Crippen LogP contribution in [0.25, 0.3) is 0 Å². The molecule has 0 radical (unpaired) electrons. The zero-order chi connectivity index (χ0) is 19.9. The molecule has 0 aliphatic carbocycles. The first-order valence-corrected chi connectivity index (χ1v) is 11.2. The van der Waals surface area contributed by atoms with Crippen LogP contribution in [0.3, 0.4) is 0 Å². The van der Waals surface area contributed by atoms with Gasteiger partial charge in [-0.3, -0.25) is 8.42 Å². The zero-order valence-electron chi connectivity index (χ0n) is 18.3. The van der Waals surface area contributed by atoms with Crippen LogP contribution in [0.2, 0.25) is 0 Å². The van der Waals surface area contributed by atoms with Crippen LogP contribution in [0.15, 0.2) is 0 Å². The zero-order valence-corrected chi connectivity index (χ0v) is 23.1. The van der Waals surface area contributed by atoms with Crippen molar-refractivity contribution in [1.82, 2.24) is 0 Å². The Balaban J connectivity index is -0.000000364. The third kappa shape index (κ3) is 50.9. The second-order valence-corrected chi connectivity index (χ2v) is 7.06. The van der Waals surface area contributed by atoms with Crippen LogP contribution in [0.4, 0.5) is 0 Å². The Morgan fingerprint density at radius 1 is 0.643 bits per heavy atom. The SMILES string of the molecule is CCCCCCCCCCCCCCOCCOCCO.O=S(=O)([O-])[O-].[Na+].[Na+].